The molecule has 0 fully saturated rings. The van der Waals surface area contributed by atoms with Gasteiger partial charge in [-0.1, -0.05) is 181 Å². The molecule has 0 saturated carbocycles. The van der Waals surface area contributed by atoms with Gasteiger partial charge in [-0.05, 0) is 88.1 Å². The quantitative estimate of drug-likeness (QED) is 0.0691. The van der Waals surface area contributed by atoms with Crippen molar-refractivity contribution in [2.24, 2.45) is 0 Å². The third-order valence-electron chi connectivity index (χ3n) is 7.33. The second kappa shape index (κ2) is 25.3. The van der Waals surface area contributed by atoms with E-state index >= 15 is 0 Å². The predicted octanol–water partition coefficient (Wildman–Crippen LogP) is 14.5. The number of aromatic hydroxyl groups is 1. The smallest absolute Gasteiger partial charge is 0.119 e. The number of benzene rings is 4. The van der Waals surface area contributed by atoms with Crippen LogP contribution < -0.4 is 4.74 Å². The van der Waals surface area contributed by atoms with Gasteiger partial charge in [0.15, 0.2) is 0 Å². The van der Waals surface area contributed by atoms with Crippen LogP contribution in [0.4, 0.5) is 0 Å². The highest BCUT2D eigenvalue weighted by molar-refractivity contribution is 14.1. The van der Waals surface area contributed by atoms with Crippen molar-refractivity contribution >= 4 is 54.5 Å². The predicted molar refractivity (Wildman–Crippen MR) is 212 cm³/mol. The lowest BCUT2D eigenvalue weighted by atomic mass is 10.1. The molecule has 4 aromatic carbocycles. The Morgan fingerprint density at radius 1 is 0.489 bits per heavy atom. The van der Waals surface area contributed by atoms with E-state index in [2.05, 4.69) is 117 Å². The molecule has 1 N–H and O–H groups in total. The molecule has 4 aromatic rings. The Balaban J connectivity index is 0.000000262. The van der Waals surface area contributed by atoms with Crippen LogP contribution in [0.25, 0.3) is 22.3 Å². The van der Waals surface area contributed by atoms with Crippen LogP contribution >= 0.6 is 54.5 Å². The maximum absolute atomic E-state index is 9.14. The summed E-state index contributed by atoms with van der Waals surface area (Å²) < 4.78 is 9.33. The van der Waals surface area contributed by atoms with Crippen LogP contribution in [0.2, 0.25) is 0 Å². The van der Waals surface area contributed by atoms with Gasteiger partial charge < -0.3 is 9.84 Å². The number of alkyl halides is 1. The van der Waals surface area contributed by atoms with Crippen LogP contribution in [0.5, 0.6) is 11.5 Å². The summed E-state index contributed by atoms with van der Waals surface area (Å²) in [5, 5.41) is 9.14. The molecule has 0 spiro atoms. The van der Waals surface area contributed by atoms with E-state index < -0.39 is 0 Å². The molecule has 0 saturated heterocycles. The molecular weight excluding hydrogens is 799 g/mol. The largest absolute Gasteiger partial charge is 0.508 e. The zero-order chi connectivity index (χ0) is 32.5. The number of hydrogen-bond donors (Lipinski definition) is 1. The van der Waals surface area contributed by atoms with E-state index in [1.54, 1.807) is 12.1 Å². The number of hydrogen-bond acceptors (Lipinski definition) is 2. The highest BCUT2D eigenvalue weighted by atomic mass is 127. The fourth-order valence-electron chi connectivity index (χ4n) is 4.63. The molecule has 0 aliphatic rings. The summed E-state index contributed by atoms with van der Waals surface area (Å²) in [6, 6.07) is 32.0. The van der Waals surface area contributed by atoms with Gasteiger partial charge in [-0.3, -0.25) is 0 Å². The molecule has 2 nitrogen and oxygen atoms in total. The summed E-state index contributed by atoms with van der Waals surface area (Å²) in [7, 11) is 0. The fourth-order valence-corrected chi connectivity index (χ4v) is 5.70. The Hall–Kier alpha value is -1.83. The second-order valence-electron chi connectivity index (χ2n) is 11.2. The summed E-state index contributed by atoms with van der Waals surface area (Å²) in [5.74, 6) is 1.26. The van der Waals surface area contributed by atoms with Crippen LogP contribution in [-0.2, 0) is 0 Å². The average Bonchev–Trinajstić information content (AvgIpc) is 3.06. The summed E-state index contributed by atoms with van der Waals surface area (Å²) in [6.45, 7) is 5.34. The zero-order valence-corrected chi connectivity index (χ0v) is 32.5. The minimum atomic E-state index is 0.297. The molecule has 5 heteroatoms. The van der Waals surface area contributed by atoms with Gasteiger partial charge in [-0.2, -0.15) is 0 Å². The van der Waals surface area contributed by atoms with Gasteiger partial charge >= 0.3 is 0 Å². The van der Waals surface area contributed by atoms with Crippen molar-refractivity contribution in [2.75, 3.05) is 11.0 Å². The number of halogens is 3. The summed E-state index contributed by atoms with van der Waals surface area (Å²) >= 11 is 9.30. The van der Waals surface area contributed by atoms with Crippen molar-refractivity contribution in [1.29, 1.82) is 0 Å². The Morgan fingerprint density at radius 3 is 1.27 bits per heavy atom. The monoisotopic (exact) mass is 848 g/mol. The SMILES string of the molecule is CCCCCCCCI.CCCCCCCCOc1ccc(-c2ccc(Br)cc2)cc1.Oc1ccc(-c2ccc(Br)cc2)cc1. The maximum atomic E-state index is 9.14. The summed E-state index contributed by atoms with van der Waals surface area (Å²) in [6.07, 6.45) is 16.4. The van der Waals surface area contributed by atoms with E-state index in [0.717, 1.165) is 38.8 Å². The zero-order valence-electron chi connectivity index (χ0n) is 27.1. The Bertz CT molecular complexity index is 1210. The molecule has 0 heterocycles. The third kappa shape index (κ3) is 18.2. The first-order valence-electron chi connectivity index (χ1n) is 16.6. The topological polar surface area (TPSA) is 29.5 Å². The second-order valence-corrected chi connectivity index (χ2v) is 14.1. The van der Waals surface area contributed by atoms with Crippen molar-refractivity contribution in [3.8, 4) is 33.8 Å². The van der Waals surface area contributed by atoms with E-state index in [-0.39, 0.29) is 0 Å². The molecule has 0 radical (unpaired) electrons. The van der Waals surface area contributed by atoms with Gasteiger partial charge in [-0.15, -0.1) is 0 Å². The number of phenols is 1. The van der Waals surface area contributed by atoms with Crippen molar-refractivity contribution < 1.29 is 9.84 Å². The Morgan fingerprint density at radius 2 is 0.844 bits per heavy atom. The number of ether oxygens (including phenoxy) is 1. The van der Waals surface area contributed by atoms with Crippen molar-refractivity contribution in [3.63, 3.8) is 0 Å². The van der Waals surface area contributed by atoms with Crippen molar-refractivity contribution in [3.05, 3.63) is 106 Å². The highest BCUT2D eigenvalue weighted by Crippen LogP contribution is 2.25. The van der Waals surface area contributed by atoms with Crippen LogP contribution in [0.3, 0.4) is 0 Å². The van der Waals surface area contributed by atoms with E-state index in [9.17, 15) is 0 Å². The lowest BCUT2D eigenvalue weighted by molar-refractivity contribution is 0.304. The molecular formula is C40H51Br2IO2. The van der Waals surface area contributed by atoms with Crippen LogP contribution in [0.15, 0.2) is 106 Å². The maximum Gasteiger partial charge on any atom is 0.119 e. The van der Waals surface area contributed by atoms with Crippen LogP contribution in [0, 0.1) is 0 Å². The molecule has 0 aliphatic carbocycles. The van der Waals surface area contributed by atoms with E-state index in [1.165, 1.54) is 86.2 Å². The van der Waals surface area contributed by atoms with Gasteiger partial charge in [0.2, 0.25) is 0 Å². The molecule has 244 valence electrons. The number of phenolic OH excluding ortho intramolecular Hbond substituents is 1. The van der Waals surface area contributed by atoms with Crippen molar-refractivity contribution in [1.82, 2.24) is 0 Å². The molecule has 45 heavy (non-hydrogen) atoms. The number of unbranched alkanes of at least 4 members (excludes halogenated alkanes) is 10. The fraction of sp³-hybridized carbons (Fsp3) is 0.400. The first-order chi connectivity index (χ1) is 22.0. The lowest BCUT2D eigenvalue weighted by Gasteiger charge is -2.07. The van der Waals surface area contributed by atoms with Gasteiger partial charge in [0, 0.05) is 8.95 Å². The summed E-state index contributed by atoms with van der Waals surface area (Å²) in [4.78, 5) is 0. The molecule has 0 amide bonds. The minimum absolute atomic E-state index is 0.297. The molecule has 0 unspecified atom stereocenters. The first kappa shape index (κ1) is 39.3. The lowest BCUT2D eigenvalue weighted by Crippen LogP contribution is -1.97. The van der Waals surface area contributed by atoms with E-state index in [0.29, 0.717) is 5.75 Å². The van der Waals surface area contributed by atoms with Gasteiger partial charge in [-0.25, -0.2) is 0 Å². The first-order valence-corrected chi connectivity index (χ1v) is 19.7. The average molecular weight is 851 g/mol. The normalized spacial score (nSPS) is 10.3. The molecule has 4 rings (SSSR count). The molecule has 0 aromatic heterocycles. The van der Waals surface area contributed by atoms with Gasteiger partial charge in [0.1, 0.15) is 11.5 Å². The minimum Gasteiger partial charge on any atom is -0.508 e. The highest BCUT2D eigenvalue weighted by Gasteiger charge is 2.00. The standard InChI is InChI=1S/C20H25BrO.C12H9BrO.C8H17I/c1-2-3-4-5-6-7-16-22-20-14-10-18(11-15-20)17-8-12-19(21)13-9-17;13-11-5-1-9(2-6-11)10-3-7-12(14)8-4-10;1-2-3-4-5-6-7-8-9/h8-15H,2-7,16H2,1H3;1-8,14H;2-8H2,1H3. The van der Waals surface area contributed by atoms with Crippen LogP contribution in [0.1, 0.15) is 90.9 Å². The van der Waals surface area contributed by atoms with Crippen molar-refractivity contribution in [2.45, 2.75) is 90.9 Å². The molecule has 0 atom stereocenters. The third-order valence-corrected chi connectivity index (χ3v) is 9.15. The van der Waals surface area contributed by atoms with Gasteiger partial charge in [0.05, 0.1) is 6.61 Å². The van der Waals surface area contributed by atoms with Crippen LogP contribution in [-0.4, -0.2) is 16.1 Å². The van der Waals surface area contributed by atoms with Gasteiger partial charge in [0.25, 0.3) is 0 Å². The summed E-state index contributed by atoms with van der Waals surface area (Å²) in [5.41, 5.74) is 4.70. The molecule has 0 aliphatic heterocycles. The Labute approximate surface area is 303 Å². The van der Waals surface area contributed by atoms with E-state index in [1.807, 2.05) is 36.4 Å². The Kier molecular flexibility index (Phi) is 22.1. The number of rotatable bonds is 16. The molecule has 0 bridgehead atoms. The van der Waals surface area contributed by atoms with E-state index in [4.69, 9.17) is 9.84 Å².